The number of pyridine rings is 1. The van der Waals surface area contributed by atoms with Crippen molar-refractivity contribution < 1.29 is 14.3 Å². The van der Waals surface area contributed by atoms with E-state index in [1.54, 1.807) is 36.8 Å². The Bertz CT molecular complexity index is 1020. The van der Waals surface area contributed by atoms with Crippen LogP contribution in [-0.4, -0.2) is 40.2 Å². The molecule has 8 nitrogen and oxygen atoms in total. The SMILES string of the molecule is COC(=O)c1ccnc(NC2CCC(Oc3cc(N)cc4nccnc34)CC2)c1. The number of hydrogen-bond acceptors (Lipinski definition) is 8. The van der Waals surface area contributed by atoms with E-state index in [4.69, 9.17) is 15.2 Å². The van der Waals surface area contributed by atoms with Gasteiger partial charge in [0.1, 0.15) is 17.1 Å². The molecule has 2 heterocycles. The summed E-state index contributed by atoms with van der Waals surface area (Å²) in [4.78, 5) is 24.7. The average molecular weight is 393 g/mol. The van der Waals surface area contributed by atoms with Crippen molar-refractivity contribution in [2.24, 2.45) is 0 Å². The molecule has 2 aromatic heterocycles. The molecule has 0 radical (unpaired) electrons. The molecule has 0 bridgehead atoms. The zero-order valence-electron chi connectivity index (χ0n) is 16.2. The molecule has 0 atom stereocenters. The second kappa shape index (κ2) is 8.30. The first kappa shape index (κ1) is 18.9. The highest BCUT2D eigenvalue weighted by Gasteiger charge is 2.24. The highest BCUT2D eigenvalue weighted by atomic mass is 16.5. The number of anilines is 2. The van der Waals surface area contributed by atoms with E-state index >= 15 is 0 Å². The Morgan fingerprint density at radius 2 is 1.86 bits per heavy atom. The van der Waals surface area contributed by atoms with Gasteiger partial charge in [-0.25, -0.2) is 14.8 Å². The maximum absolute atomic E-state index is 11.7. The smallest absolute Gasteiger partial charge is 0.338 e. The molecule has 0 saturated heterocycles. The first-order chi connectivity index (χ1) is 14.1. The number of benzene rings is 1. The molecule has 150 valence electrons. The van der Waals surface area contributed by atoms with Crippen LogP contribution in [0.15, 0.2) is 42.9 Å². The molecular weight excluding hydrogens is 370 g/mol. The summed E-state index contributed by atoms with van der Waals surface area (Å²) in [6.07, 6.45) is 8.65. The van der Waals surface area contributed by atoms with E-state index in [0.29, 0.717) is 22.8 Å². The van der Waals surface area contributed by atoms with Crippen LogP contribution in [0.3, 0.4) is 0 Å². The van der Waals surface area contributed by atoms with Crippen LogP contribution in [0.5, 0.6) is 5.75 Å². The Morgan fingerprint density at radius 3 is 2.66 bits per heavy atom. The fraction of sp³-hybridized carbons (Fsp3) is 0.333. The van der Waals surface area contributed by atoms with Crippen molar-refractivity contribution >= 4 is 28.5 Å². The van der Waals surface area contributed by atoms with Crippen molar-refractivity contribution in [3.05, 3.63) is 48.4 Å². The first-order valence-electron chi connectivity index (χ1n) is 9.60. The number of nitrogens with one attached hydrogen (secondary N) is 1. The highest BCUT2D eigenvalue weighted by Crippen LogP contribution is 2.30. The van der Waals surface area contributed by atoms with E-state index in [-0.39, 0.29) is 18.1 Å². The zero-order chi connectivity index (χ0) is 20.2. The third kappa shape index (κ3) is 4.37. The van der Waals surface area contributed by atoms with Gasteiger partial charge in [-0.15, -0.1) is 0 Å². The van der Waals surface area contributed by atoms with Crippen LogP contribution < -0.4 is 15.8 Å². The van der Waals surface area contributed by atoms with Crippen molar-refractivity contribution in [3.8, 4) is 5.75 Å². The minimum absolute atomic E-state index is 0.0921. The number of nitrogen functional groups attached to an aromatic ring is 1. The number of hydrogen-bond donors (Lipinski definition) is 2. The third-order valence-electron chi connectivity index (χ3n) is 5.06. The summed E-state index contributed by atoms with van der Waals surface area (Å²) in [5.41, 5.74) is 8.54. The Balaban J connectivity index is 1.38. The minimum atomic E-state index is -0.370. The van der Waals surface area contributed by atoms with Gasteiger partial charge < -0.3 is 20.5 Å². The standard InChI is InChI=1S/C21H23N5O3/c1-28-21(27)13-6-7-24-19(10-13)26-15-2-4-16(5-3-15)29-18-12-14(22)11-17-20(18)25-9-8-23-17/h6-12,15-16H,2-5,22H2,1H3,(H,24,26). The molecule has 1 saturated carbocycles. The molecule has 8 heteroatoms. The number of fused-ring (bicyclic) bond motifs is 1. The Hall–Kier alpha value is -3.42. The van der Waals surface area contributed by atoms with Gasteiger partial charge in [0.2, 0.25) is 0 Å². The average Bonchev–Trinajstić information content (AvgIpc) is 2.74. The Kier molecular flexibility index (Phi) is 5.41. The lowest BCUT2D eigenvalue weighted by Crippen LogP contribution is -2.31. The molecular formula is C21H23N5O3. The third-order valence-corrected chi connectivity index (χ3v) is 5.06. The van der Waals surface area contributed by atoms with Gasteiger partial charge in [-0.3, -0.25) is 4.98 Å². The van der Waals surface area contributed by atoms with Gasteiger partial charge >= 0.3 is 5.97 Å². The second-order valence-corrected chi connectivity index (χ2v) is 7.10. The van der Waals surface area contributed by atoms with E-state index in [1.807, 2.05) is 6.07 Å². The number of ether oxygens (including phenoxy) is 2. The van der Waals surface area contributed by atoms with E-state index in [1.165, 1.54) is 7.11 Å². The molecule has 0 amide bonds. The van der Waals surface area contributed by atoms with Crippen molar-refractivity contribution in [1.29, 1.82) is 0 Å². The lowest BCUT2D eigenvalue weighted by molar-refractivity contribution is 0.0600. The van der Waals surface area contributed by atoms with Crippen LogP contribution >= 0.6 is 0 Å². The molecule has 0 spiro atoms. The number of nitrogens with zero attached hydrogens (tertiary/aromatic N) is 3. The first-order valence-corrected chi connectivity index (χ1v) is 9.60. The number of aromatic nitrogens is 3. The number of rotatable bonds is 5. The van der Waals surface area contributed by atoms with Gasteiger partial charge in [0.25, 0.3) is 0 Å². The molecule has 0 unspecified atom stereocenters. The Labute approximate surface area is 168 Å². The number of carbonyl (C=O) groups is 1. The summed E-state index contributed by atoms with van der Waals surface area (Å²) < 4.78 is 11.0. The summed E-state index contributed by atoms with van der Waals surface area (Å²) in [5.74, 6) is 0.983. The van der Waals surface area contributed by atoms with Gasteiger partial charge in [0, 0.05) is 36.4 Å². The molecule has 1 aliphatic carbocycles. The fourth-order valence-corrected chi connectivity index (χ4v) is 3.62. The number of methoxy groups -OCH3 is 1. The zero-order valence-corrected chi connectivity index (χ0v) is 16.2. The predicted molar refractivity (Wildman–Crippen MR) is 110 cm³/mol. The quantitative estimate of drug-likeness (QED) is 0.502. The maximum Gasteiger partial charge on any atom is 0.338 e. The maximum atomic E-state index is 11.7. The van der Waals surface area contributed by atoms with Crippen molar-refractivity contribution in [3.63, 3.8) is 0 Å². The van der Waals surface area contributed by atoms with Crippen LogP contribution in [0.25, 0.3) is 11.0 Å². The molecule has 1 aliphatic rings. The molecule has 0 aliphatic heterocycles. The van der Waals surface area contributed by atoms with E-state index < -0.39 is 0 Å². The van der Waals surface area contributed by atoms with Crippen molar-refractivity contribution in [2.45, 2.75) is 37.8 Å². The van der Waals surface area contributed by atoms with Gasteiger partial charge in [0.05, 0.1) is 24.3 Å². The van der Waals surface area contributed by atoms with Gasteiger partial charge in [-0.05, 0) is 43.9 Å². The van der Waals surface area contributed by atoms with Gasteiger partial charge in [-0.2, -0.15) is 0 Å². The normalized spacial score (nSPS) is 18.9. The molecule has 29 heavy (non-hydrogen) atoms. The van der Waals surface area contributed by atoms with Crippen molar-refractivity contribution in [2.75, 3.05) is 18.2 Å². The monoisotopic (exact) mass is 393 g/mol. The highest BCUT2D eigenvalue weighted by molar-refractivity contribution is 5.90. The van der Waals surface area contributed by atoms with E-state index in [2.05, 4.69) is 20.3 Å². The summed E-state index contributed by atoms with van der Waals surface area (Å²) in [7, 11) is 1.37. The number of nitrogens with two attached hydrogens (primary N) is 1. The van der Waals surface area contributed by atoms with Crippen LogP contribution in [0, 0.1) is 0 Å². The molecule has 3 aromatic rings. The molecule has 4 rings (SSSR count). The largest absolute Gasteiger partial charge is 0.488 e. The summed E-state index contributed by atoms with van der Waals surface area (Å²) >= 11 is 0. The fourth-order valence-electron chi connectivity index (χ4n) is 3.62. The summed E-state index contributed by atoms with van der Waals surface area (Å²) in [6.45, 7) is 0. The number of carbonyl (C=O) groups excluding carboxylic acids is 1. The molecule has 1 aromatic carbocycles. The summed E-state index contributed by atoms with van der Waals surface area (Å²) in [6, 6.07) is 7.23. The predicted octanol–water partition coefficient (Wildman–Crippen LogP) is 3.20. The van der Waals surface area contributed by atoms with Crippen molar-refractivity contribution in [1.82, 2.24) is 15.0 Å². The van der Waals surface area contributed by atoms with Gasteiger partial charge in [-0.1, -0.05) is 0 Å². The summed E-state index contributed by atoms with van der Waals surface area (Å²) in [5, 5.41) is 3.41. The van der Waals surface area contributed by atoms with Gasteiger partial charge in [0.15, 0.2) is 0 Å². The minimum Gasteiger partial charge on any atom is -0.488 e. The van der Waals surface area contributed by atoms with E-state index in [0.717, 1.165) is 36.7 Å². The lowest BCUT2D eigenvalue weighted by atomic mass is 9.93. The topological polar surface area (TPSA) is 112 Å². The number of esters is 1. The second-order valence-electron chi connectivity index (χ2n) is 7.10. The van der Waals surface area contributed by atoms with Crippen LogP contribution in [-0.2, 0) is 4.74 Å². The molecule has 1 fully saturated rings. The van der Waals surface area contributed by atoms with Crippen LogP contribution in [0.1, 0.15) is 36.0 Å². The molecule has 3 N–H and O–H groups in total. The lowest BCUT2D eigenvalue weighted by Gasteiger charge is -2.30. The van der Waals surface area contributed by atoms with Crippen LogP contribution in [0.4, 0.5) is 11.5 Å². The Morgan fingerprint density at radius 1 is 1.07 bits per heavy atom. The van der Waals surface area contributed by atoms with E-state index in [9.17, 15) is 4.79 Å². The van der Waals surface area contributed by atoms with Crippen LogP contribution in [0.2, 0.25) is 0 Å².